The van der Waals surface area contributed by atoms with E-state index in [1.165, 1.54) is 0 Å². The SMILES string of the molecule is CC1OC(O)C(NCN)C(O)C1O. The van der Waals surface area contributed by atoms with Crippen molar-refractivity contribution in [1.29, 1.82) is 0 Å². The highest BCUT2D eigenvalue weighted by Gasteiger charge is 2.41. The summed E-state index contributed by atoms with van der Waals surface area (Å²) in [4.78, 5) is 0. The molecule has 0 aliphatic carbocycles. The smallest absolute Gasteiger partial charge is 0.173 e. The van der Waals surface area contributed by atoms with E-state index in [2.05, 4.69) is 5.32 Å². The minimum atomic E-state index is -1.14. The van der Waals surface area contributed by atoms with Gasteiger partial charge in [-0.25, -0.2) is 0 Å². The van der Waals surface area contributed by atoms with E-state index >= 15 is 0 Å². The molecule has 0 aromatic carbocycles. The molecule has 1 aliphatic heterocycles. The van der Waals surface area contributed by atoms with Gasteiger partial charge in [0.1, 0.15) is 12.2 Å². The van der Waals surface area contributed by atoms with Crippen molar-refractivity contribution in [2.45, 2.75) is 37.6 Å². The number of aliphatic hydroxyl groups is 3. The normalized spacial score (nSPS) is 46.4. The molecule has 1 heterocycles. The largest absolute Gasteiger partial charge is 0.388 e. The van der Waals surface area contributed by atoms with Gasteiger partial charge in [0.05, 0.1) is 12.1 Å². The molecular weight excluding hydrogens is 176 g/mol. The summed E-state index contributed by atoms with van der Waals surface area (Å²) in [5.74, 6) is 0. The maximum Gasteiger partial charge on any atom is 0.173 e. The lowest BCUT2D eigenvalue weighted by Crippen LogP contribution is -2.62. The lowest BCUT2D eigenvalue weighted by atomic mass is 9.98. The van der Waals surface area contributed by atoms with Crippen molar-refractivity contribution in [3.05, 3.63) is 0 Å². The summed E-state index contributed by atoms with van der Waals surface area (Å²) in [5, 5.41) is 30.9. The van der Waals surface area contributed by atoms with Gasteiger partial charge in [-0.15, -0.1) is 0 Å². The van der Waals surface area contributed by atoms with Gasteiger partial charge in [-0.1, -0.05) is 0 Å². The third kappa shape index (κ3) is 2.16. The quantitative estimate of drug-likeness (QED) is 0.305. The van der Waals surface area contributed by atoms with Gasteiger partial charge >= 0.3 is 0 Å². The first-order chi connectivity index (χ1) is 6.07. The highest BCUT2D eigenvalue weighted by Crippen LogP contribution is 2.18. The summed E-state index contributed by atoms with van der Waals surface area (Å²) in [7, 11) is 0. The topological polar surface area (TPSA) is 108 Å². The van der Waals surface area contributed by atoms with Crippen LogP contribution in [0.4, 0.5) is 0 Å². The van der Waals surface area contributed by atoms with Gasteiger partial charge in [-0.05, 0) is 6.92 Å². The zero-order valence-electron chi connectivity index (χ0n) is 7.42. The molecule has 0 saturated carbocycles. The monoisotopic (exact) mass is 192 g/mol. The zero-order valence-corrected chi connectivity index (χ0v) is 7.42. The van der Waals surface area contributed by atoms with E-state index in [4.69, 9.17) is 10.5 Å². The number of ether oxygens (including phenoxy) is 1. The average molecular weight is 192 g/mol. The molecule has 6 nitrogen and oxygen atoms in total. The van der Waals surface area contributed by atoms with Crippen molar-refractivity contribution in [2.24, 2.45) is 5.73 Å². The highest BCUT2D eigenvalue weighted by atomic mass is 16.6. The Morgan fingerprint density at radius 2 is 1.92 bits per heavy atom. The molecule has 0 bridgehead atoms. The second-order valence-electron chi connectivity index (χ2n) is 3.15. The number of nitrogens with one attached hydrogen (secondary N) is 1. The first-order valence-corrected chi connectivity index (χ1v) is 4.21. The lowest BCUT2D eigenvalue weighted by molar-refractivity contribution is -0.242. The van der Waals surface area contributed by atoms with Gasteiger partial charge < -0.3 is 25.8 Å². The predicted octanol–water partition coefficient (Wildman–Crippen LogP) is -2.68. The molecule has 1 fully saturated rings. The molecule has 6 heteroatoms. The van der Waals surface area contributed by atoms with E-state index in [1.807, 2.05) is 0 Å². The fraction of sp³-hybridized carbons (Fsp3) is 1.00. The fourth-order valence-electron chi connectivity index (χ4n) is 1.40. The lowest BCUT2D eigenvalue weighted by Gasteiger charge is -2.39. The molecule has 1 saturated heterocycles. The van der Waals surface area contributed by atoms with Crippen LogP contribution in [0.2, 0.25) is 0 Å². The standard InChI is InChI=1S/C7H16N2O4/c1-3-5(10)6(11)4(9-2-8)7(12)13-3/h3-7,9-12H,2,8H2,1H3. The van der Waals surface area contributed by atoms with Crippen LogP contribution in [0, 0.1) is 0 Å². The van der Waals surface area contributed by atoms with Crippen LogP contribution in [-0.2, 0) is 4.74 Å². The average Bonchev–Trinajstić information content (AvgIpc) is 2.09. The summed E-state index contributed by atoms with van der Waals surface area (Å²) in [5.41, 5.74) is 5.19. The second kappa shape index (κ2) is 4.32. The van der Waals surface area contributed by atoms with Crippen LogP contribution in [0.1, 0.15) is 6.92 Å². The van der Waals surface area contributed by atoms with Crippen LogP contribution in [0.25, 0.3) is 0 Å². The Hall–Kier alpha value is -0.240. The third-order valence-electron chi connectivity index (χ3n) is 2.21. The van der Waals surface area contributed by atoms with Crippen molar-refractivity contribution in [3.8, 4) is 0 Å². The van der Waals surface area contributed by atoms with Crippen molar-refractivity contribution in [2.75, 3.05) is 6.67 Å². The van der Waals surface area contributed by atoms with Gasteiger partial charge in [0.2, 0.25) is 0 Å². The van der Waals surface area contributed by atoms with Crippen LogP contribution in [0.5, 0.6) is 0 Å². The van der Waals surface area contributed by atoms with E-state index in [1.54, 1.807) is 6.92 Å². The predicted molar refractivity (Wildman–Crippen MR) is 44.5 cm³/mol. The minimum Gasteiger partial charge on any atom is -0.388 e. The molecule has 0 aromatic heterocycles. The first kappa shape index (κ1) is 10.8. The molecule has 6 N–H and O–H groups in total. The van der Waals surface area contributed by atoms with Gasteiger partial charge in [0.15, 0.2) is 6.29 Å². The summed E-state index contributed by atoms with van der Waals surface area (Å²) in [6.45, 7) is 1.68. The van der Waals surface area contributed by atoms with Gasteiger partial charge in [-0.3, -0.25) is 5.32 Å². The zero-order chi connectivity index (χ0) is 10.0. The fourth-order valence-corrected chi connectivity index (χ4v) is 1.40. The maximum atomic E-state index is 9.50. The molecule has 13 heavy (non-hydrogen) atoms. The first-order valence-electron chi connectivity index (χ1n) is 4.21. The molecule has 0 amide bonds. The Morgan fingerprint density at radius 3 is 2.46 bits per heavy atom. The van der Waals surface area contributed by atoms with E-state index in [9.17, 15) is 15.3 Å². The van der Waals surface area contributed by atoms with Gasteiger partial charge in [-0.2, -0.15) is 0 Å². The minimum absolute atomic E-state index is 0.100. The van der Waals surface area contributed by atoms with Crippen molar-refractivity contribution >= 4 is 0 Å². The van der Waals surface area contributed by atoms with Crippen LogP contribution >= 0.6 is 0 Å². The molecule has 5 atom stereocenters. The van der Waals surface area contributed by atoms with Gasteiger partial charge in [0, 0.05) is 6.67 Å². The summed E-state index contributed by atoms with van der Waals surface area (Å²) >= 11 is 0. The number of rotatable bonds is 2. The molecule has 5 unspecified atom stereocenters. The Morgan fingerprint density at radius 1 is 1.31 bits per heavy atom. The van der Waals surface area contributed by atoms with E-state index in [0.29, 0.717) is 0 Å². The third-order valence-corrected chi connectivity index (χ3v) is 2.21. The van der Waals surface area contributed by atoms with E-state index in [-0.39, 0.29) is 6.67 Å². The van der Waals surface area contributed by atoms with Crippen LogP contribution in [0.3, 0.4) is 0 Å². The number of hydrogen-bond acceptors (Lipinski definition) is 6. The summed E-state index contributed by atoms with van der Waals surface area (Å²) < 4.78 is 4.96. The van der Waals surface area contributed by atoms with Crippen molar-refractivity contribution < 1.29 is 20.1 Å². The summed E-state index contributed by atoms with van der Waals surface area (Å²) in [6, 6.07) is -0.740. The number of aliphatic hydroxyl groups excluding tert-OH is 3. The van der Waals surface area contributed by atoms with Crippen LogP contribution in [0.15, 0.2) is 0 Å². The molecule has 0 aromatic rings. The van der Waals surface area contributed by atoms with E-state index < -0.39 is 30.6 Å². The molecule has 0 spiro atoms. The summed E-state index contributed by atoms with van der Waals surface area (Å²) in [6.07, 6.45) is -3.80. The van der Waals surface area contributed by atoms with E-state index in [0.717, 1.165) is 0 Å². The Balaban J connectivity index is 2.61. The molecule has 1 rings (SSSR count). The van der Waals surface area contributed by atoms with Gasteiger partial charge in [0.25, 0.3) is 0 Å². The highest BCUT2D eigenvalue weighted by molar-refractivity contribution is 4.90. The molecule has 78 valence electrons. The Labute approximate surface area is 76.3 Å². The van der Waals surface area contributed by atoms with Crippen LogP contribution in [-0.4, -0.2) is 52.6 Å². The molecule has 1 aliphatic rings. The van der Waals surface area contributed by atoms with Crippen LogP contribution < -0.4 is 11.1 Å². The Bertz CT molecular complexity index is 169. The maximum absolute atomic E-state index is 9.50. The molecule has 0 radical (unpaired) electrons. The van der Waals surface area contributed by atoms with Crippen molar-refractivity contribution in [1.82, 2.24) is 5.32 Å². The van der Waals surface area contributed by atoms with Crippen molar-refractivity contribution in [3.63, 3.8) is 0 Å². The second-order valence-corrected chi connectivity index (χ2v) is 3.15. The molecular formula is C7H16N2O4. The Kier molecular flexibility index (Phi) is 3.60. The number of hydrogen-bond donors (Lipinski definition) is 5. The number of nitrogens with two attached hydrogens (primary N) is 1.